The molecule has 0 aromatic carbocycles. The van der Waals surface area contributed by atoms with E-state index in [0.717, 1.165) is 0 Å². The summed E-state index contributed by atoms with van der Waals surface area (Å²) >= 11 is 0. The summed E-state index contributed by atoms with van der Waals surface area (Å²) in [6.07, 6.45) is 4.03. The van der Waals surface area contributed by atoms with Crippen molar-refractivity contribution < 1.29 is 14.3 Å². The largest absolute Gasteiger partial charge is 0.460 e. The number of ether oxygens (including phenoxy) is 2. The molecule has 0 amide bonds. The summed E-state index contributed by atoms with van der Waals surface area (Å²) in [5.41, 5.74) is -0.477. The molecule has 0 fully saturated rings. The topological polar surface area (TPSA) is 35.5 Å². The van der Waals surface area contributed by atoms with Crippen molar-refractivity contribution >= 4 is 5.97 Å². The highest BCUT2D eigenvalue weighted by Crippen LogP contribution is 2.27. The molecule has 0 aliphatic carbocycles. The third-order valence-electron chi connectivity index (χ3n) is 1.82. The normalized spacial score (nSPS) is 27.1. The van der Waals surface area contributed by atoms with Crippen molar-refractivity contribution in [2.75, 3.05) is 0 Å². The first kappa shape index (κ1) is 10.1. The van der Waals surface area contributed by atoms with Crippen LogP contribution in [-0.2, 0) is 14.3 Å². The van der Waals surface area contributed by atoms with Crippen molar-refractivity contribution in [2.24, 2.45) is 5.41 Å². The van der Waals surface area contributed by atoms with Gasteiger partial charge in [0.15, 0.2) is 0 Å². The molecule has 3 nitrogen and oxygen atoms in total. The van der Waals surface area contributed by atoms with Gasteiger partial charge in [-0.2, -0.15) is 0 Å². The van der Waals surface area contributed by atoms with Crippen LogP contribution >= 0.6 is 0 Å². The molecule has 1 aliphatic rings. The maximum absolute atomic E-state index is 11.5. The highest BCUT2D eigenvalue weighted by atomic mass is 16.7. The van der Waals surface area contributed by atoms with Crippen LogP contribution in [0.2, 0.25) is 0 Å². The summed E-state index contributed by atoms with van der Waals surface area (Å²) in [5, 5.41) is 0. The van der Waals surface area contributed by atoms with Crippen molar-refractivity contribution in [1.82, 2.24) is 0 Å². The number of hydrogen-bond acceptors (Lipinski definition) is 3. The third-order valence-corrected chi connectivity index (χ3v) is 1.82. The van der Waals surface area contributed by atoms with Gasteiger partial charge in [0.1, 0.15) is 0 Å². The fourth-order valence-electron chi connectivity index (χ4n) is 0.917. The molecule has 0 saturated heterocycles. The van der Waals surface area contributed by atoms with Crippen LogP contribution in [0.25, 0.3) is 0 Å². The minimum absolute atomic E-state index is 0.237. The number of rotatable bonds is 1. The standard InChI is InChI=1S/C10H16O3/c1-9(2,3)8(11)13-10(4)6-5-7-12-10/h5,7H,6H2,1-4H3. The molecule has 1 rings (SSSR count). The summed E-state index contributed by atoms with van der Waals surface area (Å²) in [6, 6.07) is 0. The summed E-state index contributed by atoms with van der Waals surface area (Å²) < 4.78 is 10.4. The Morgan fingerprint density at radius 2 is 2.15 bits per heavy atom. The molecule has 3 heteroatoms. The van der Waals surface area contributed by atoms with Gasteiger partial charge in [-0.05, 0) is 26.8 Å². The van der Waals surface area contributed by atoms with Gasteiger partial charge in [0.25, 0.3) is 5.79 Å². The van der Waals surface area contributed by atoms with E-state index in [1.807, 2.05) is 26.8 Å². The van der Waals surface area contributed by atoms with Crippen molar-refractivity contribution in [2.45, 2.75) is 39.9 Å². The minimum atomic E-state index is -0.787. The van der Waals surface area contributed by atoms with Crippen molar-refractivity contribution in [1.29, 1.82) is 0 Å². The van der Waals surface area contributed by atoms with E-state index in [0.29, 0.717) is 6.42 Å². The highest BCUT2D eigenvalue weighted by Gasteiger charge is 2.35. The van der Waals surface area contributed by atoms with Crippen LogP contribution in [0, 0.1) is 5.41 Å². The summed E-state index contributed by atoms with van der Waals surface area (Å²) in [7, 11) is 0. The van der Waals surface area contributed by atoms with Gasteiger partial charge < -0.3 is 9.47 Å². The molecular weight excluding hydrogens is 168 g/mol. The van der Waals surface area contributed by atoms with Crippen LogP contribution in [0.4, 0.5) is 0 Å². The Morgan fingerprint density at radius 1 is 1.54 bits per heavy atom. The molecule has 0 saturated carbocycles. The second-order valence-electron chi connectivity index (χ2n) is 4.47. The van der Waals surface area contributed by atoms with E-state index in [1.165, 1.54) is 0 Å². The number of carbonyl (C=O) groups excluding carboxylic acids is 1. The molecule has 0 N–H and O–H groups in total. The van der Waals surface area contributed by atoms with Crippen molar-refractivity contribution in [3.8, 4) is 0 Å². The summed E-state index contributed by atoms with van der Waals surface area (Å²) in [6.45, 7) is 7.22. The first-order valence-corrected chi connectivity index (χ1v) is 4.40. The third kappa shape index (κ3) is 2.47. The minimum Gasteiger partial charge on any atom is -0.460 e. The van der Waals surface area contributed by atoms with Crippen LogP contribution in [0.3, 0.4) is 0 Å². The van der Waals surface area contributed by atoms with Gasteiger partial charge in [-0.15, -0.1) is 0 Å². The molecule has 0 spiro atoms. The Bertz CT molecular complexity index is 227. The zero-order valence-corrected chi connectivity index (χ0v) is 8.59. The van der Waals surface area contributed by atoms with E-state index in [9.17, 15) is 4.79 Å². The average Bonchev–Trinajstić information content (AvgIpc) is 2.33. The van der Waals surface area contributed by atoms with Gasteiger partial charge in [-0.3, -0.25) is 4.79 Å². The Labute approximate surface area is 78.7 Å². The van der Waals surface area contributed by atoms with E-state index < -0.39 is 11.2 Å². The van der Waals surface area contributed by atoms with Gasteiger partial charge in [0, 0.05) is 13.3 Å². The molecule has 0 aromatic heterocycles. The summed E-state index contributed by atoms with van der Waals surface area (Å²) in [4.78, 5) is 11.5. The molecule has 0 bridgehead atoms. The highest BCUT2D eigenvalue weighted by molar-refractivity contribution is 5.75. The van der Waals surface area contributed by atoms with E-state index in [2.05, 4.69) is 0 Å². The van der Waals surface area contributed by atoms with Gasteiger partial charge in [-0.25, -0.2) is 0 Å². The lowest BCUT2D eigenvalue weighted by molar-refractivity contribution is -0.205. The predicted molar refractivity (Wildman–Crippen MR) is 48.8 cm³/mol. The number of hydrogen-bond donors (Lipinski definition) is 0. The monoisotopic (exact) mass is 184 g/mol. The van der Waals surface area contributed by atoms with Gasteiger partial charge >= 0.3 is 5.97 Å². The molecule has 1 heterocycles. The predicted octanol–water partition coefficient (Wildman–Crippen LogP) is 2.23. The smallest absolute Gasteiger partial charge is 0.314 e. The Morgan fingerprint density at radius 3 is 2.54 bits per heavy atom. The molecule has 74 valence electrons. The van der Waals surface area contributed by atoms with E-state index in [1.54, 1.807) is 13.2 Å². The fourth-order valence-corrected chi connectivity index (χ4v) is 0.917. The lowest BCUT2D eigenvalue weighted by atomic mass is 9.97. The zero-order valence-electron chi connectivity index (χ0n) is 8.59. The molecule has 1 unspecified atom stereocenters. The van der Waals surface area contributed by atoms with Gasteiger partial charge in [0.2, 0.25) is 0 Å². The summed E-state index contributed by atoms with van der Waals surface area (Å²) in [5.74, 6) is -1.02. The Balaban J connectivity index is 2.54. The van der Waals surface area contributed by atoms with E-state index in [4.69, 9.17) is 9.47 Å². The van der Waals surface area contributed by atoms with Crippen LogP contribution in [0.5, 0.6) is 0 Å². The molecule has 0 radical (unpaired) electrons. The Kier molecular flexibility index (Phi) is 2.37. The molecule has 1 aliphatic heterocycles. The van der Waals surface area contributed by atoms with E-state index in [-0.39, 0.29) is 5.97 Å². The fraction of sp³-hybridized carbons (Fsp3) is 0.700. The van der Waals surface area contributed by atoms with Crippen LogP contribution in [0.15, 0.2) is 12.3 Å². The van der Waals surface area contributed by atoms with Crippen molar-refractivity contribution in [3.63, 3.8) is 0 Å². The molecule has 1 atom stereocenters. The quantitative estimate of drug-likeness (QED) is 0.586. The second-order valence-corrected chi connectivity index (χ2v) is 4.47. The lowest BCUT2D eigenvalue weighted by Gasteiger charge is -2.27. The van der Waals surface area contributed by atoms with Gasteiger partial charge in [-0.1, -0.05) is 0 Å². The number of esters is 1. The SMILES string of the molecule is CC1(OC(=O)C(C)(C)C)CC=CO1. The molecule has 0 aromatic rings. The lowest BCUT2D eigenvalue weighted by Crippen LogP contribution is -2.35. The van der Waals surface area contributed by atoms with Crippen LogP contribution < -0.4 is 0 Å². The first-order chi connectivity index (χ1) is 5.83. The number of carbonyl (C=O) groups is 1. The molecular formula is C10H16O3. The Hall–Kier alpha value is -0.990. The first-order valence-electron chi connectivity index (χ1n) is 4.40. The van der Waals surface area contributed by atoms with Crippen LogP contribution in [0.1, 0.15) is 34.1 Å². The maximum Gasteiger partial charge on any atom is 0.314 e. The van der Waals surface area contributed by atoms with E-state index >= 15 is 0 Å². The zero-order chi connectivity index (χ0) is 10.1. The molecule has 13 heavy (non-hydrogen) atoms. The second kappa shape index (κ2) is 3.05. The average molecular weight is 184 g/mol. The van der Waals surface area contributed by atoms with Crippen molar-refractivity contribution in [3.05, 3.63) is 12.3 Å². The van der Waals surface area contributed by atoms with Crippen LogP contribution in [-0.4, -0.2) is 11.8 Å². The van der Waals surface area contributed by atoms with Gasteiger partial charge in [0.05, 0.1) is 11.7 Å². The maximum atomic E-state index is 11.5.